The van der Waals surface area contributed by atoms with Crippen molar-refractivity contribution in [3.8, 4) is 5.75 Å². The molecule has 1 heterocycles. The van der Waals surface area contributed by atoms with E-state index in [0.29, 0.717) is 22.1 Å². The summed E-state index contributed by atoms with van der Waals surface area (Å²) < 4.78 is 19.3. The molecule has 19 heavy (non-hydrogen) atoms. The Balaban J connectivity index is 2.16. The van der Waals surface area contributed by atoms with Gasteiger partial charge in [0, 0.05) is 10.2 Å². The summed E-state index contributed by atoms with van der Waals surface area (Å²) in [5.74, 6) is 0.0478. The zero-order chi connectivity index (χ0) is 13.8. The first-order valence-electron chi connectivity index (χ1n) is 5.59. The number of benzene rings is 1. The zero-order valence-corrected chi connectivity index (χ0v) is 11.8. The standard InChI is InChI=1S/C14H11BrFNO2/c1-9-2-3-14(13(7-18)17-9)19-8-10-4-11(15)6-12(16)5-10/h2-7H,8H2,1H3. The van der Waals surface area contributed by atoms with Gasteiger partial charge >= 0.3 is 0 Å². The van der Waals surface area contributed by atoms with Crippen molar-refractivity contribution in [1.29, 1.82) is 0 Å². The van der Waals surface area contributed by atoms with Gasteiger partial charge in [0.15, 0.2) is 6.29 Å². The molecule has 2 aromatic rings. The third-order valence-electron chi connectivity index (χ3n) is 2.45. The van der Waals surface area contributed by atoms with Crippen LogP contribution in [-0.4, -0.2) is 11.3 Å². The normalized spacial score (nSPS) is 10.3. The van der Waals surface area contributed by atoms with Crippen molar-refractivity contribution in [2.75, 3.05) is 0 Å². The van der Waals surface area contributed by atoms with Gasteiger partial charge in [0.2, 0.25) is 0 Å². The molecule has 0 aliphatic rings. The SMILES string of the molecule is Cc1ccc(OCc2cc(F)cc(Br)c2)c(C=O)n1. The molecule has 0 amide bonds. The lowest BCUT2D eigenvalue weighted by molar-refractivity contribution is 0.111. The average molecular weight is 324 g/mol. The number of ether oxygens (including phenoxy) is 1. The van der Waals surface area contributed by atoms with E-state index in [-0.39, 0.29) is 18.1 Å². The van der Waals surface area contributed by atoms with E-state index in [0.717, 1.165) is 5.69 Å². The number of aryl methyl sites for hydroxylation is 1. The first-order valence-corrected chi connectivity index (χ1v) is 6.38. The third kappa shape index (κ3) is 3.61. The molecule has 1 aromatic heterocycles. The Labute approximate surface area is 118 Å². The lowest BCUT2D eigenvalue weighted by atomic mass is 10.2. The maximum absolute atomic E-state index is 13.2. The summed E-state index contributed by atoms with van der Waals surface area (Å²) in [5.41, 5.74) is 1.66. The van der Waals surface area contributed by atoms with E-state index in [9.17, 15) is 9.18 Å². The fraction of sp³-hybridized carbons (Fsp3) is 0.143. The van der Waals surface area contributed by atoms with Gasteiger partial charge in [-0.1, -0.05) is 15.9 Å². The van der Waals surface area contributed by atoms with Crippen LogP contribution in [0.15, 0.2) is 34.8 Å². The fourth-order valence-electron chi connectivity index (χ4n) is 1.63. The number of aromatic nitrogens is 1. The van der Waals surface area contributed by atoms with Crippen molar-refractivity contribution in [1.82, 2.24) is 4.98 Å². The first-order chi connectivity index (χ1) is 9.08. The molecule has 5 heteroatoms. The van der Waals surface area contributed by atoms with Crippen LogP contribution < -0.4 is 4.74 Å². The number of carbonyl (C=O) groups excluding carboxylic acids is 1. The largest absolute Gasteiger partial charge is 0.487 e. The summed E-state index contributed by atoms with van der Waals surface area (Å²) in [4.78, 5) is 15.0. The predicted molar refractivity (Wildman–Crippen MR) is 72.8 cm³/mol. The molecule has 0 radical (unpaired) electrons. The maximum Gasteiger partial charge on any atom is 0.172 e. The summed E-state index contributed by atoms with van der Waals surface area (Å²) in [7, 11) is 0. The molecule has 3 nitrogen and oxygen atoms in total. The number of pyridine rings is 1. The van der Waals surface area contributed by atoms with Crippen molar-refractivity contribution in [3.63, 3.8) is 0 Å². The Morgan fingerprint density at radius 3 is 2.84 bits per heavy atom. The molecule has 0 saturated heterocycles. The molecule has 0 spiro atoms. The molecule has 0 aliphatic heterocycles. The minimum atomic E-state index is -0.342. The van der Waals surface area contributed by atoms with Crippen molar-refractivity contribution >= 4 is 22.2 Å². The molecule has 0 aliphatic carbocycles. The van der Waals surface area contributed by atoms with Gasteiger partial charge in [-0.3, -0.25) is 4.79 Å². The second kappa shape index (κ2) is 5.93. The van der Waals surface area contributed by atoms with Crippen LogP contribution >= 0.6 is 15.9 Å². The molecule has 0 saturated carbocycles. The molecule has 0 bridgehead atoms. The lowest BCUT2D eigenvalue weighted by Crippen LogP contribution is -2.01. The second-order valence-corrected chi connectivity index (χ2v) is 4.94. The van der Waals surface area contributed by atoms with Crippen molar-refractivity contribution in [3.05, 3.63) is 57.6 Å². The van der Waals surface area contributed by atoms with Crippen LogP contribution in [-0.2, 0) is 6.61 Å². The van der Waals surface area contributed by atoms with Gasteiger partial charge in [-0.15, -0.1) is 0 Å². The quantitative estimate of drug-likeness (QED) is 0.806. The Bertz CT molecular complexity index is 596. The highest BCUT2D eigenvalue weighted by molar-refractivity contribution is 9.10. The van der Waals surface area contributed by atoms with E-state index < -0.39 is 0 Å². The van der Waals surface area contributed by atoms with Crippen LogP contribution in [0.5, 0.6) is 5.75 Å². The van der Waals surface area contributed by atoms with Gasteiger partial charge in [-0.05, 0) is 42.8 Å². The van der Waals surface area contributed by atoms with E-state index in [1.54, 1.807) is 25.1 Å². The summed E-state index contributed by atoms with van der Waals surface area (Å²) in [5, 5.41) is 0. The number of hydrogen-bond donors (Lipinski definition) is 0. The number of rotatable bonds is 4. The summed E-state index contributed by atoms with van der Waals surface area (Å²) in [6.07, 6.45) is 0.643. The minimum absolute atomic E-state index is 0.169. The van der Waals surface area contributed by atoms with Crippen molar-refractivity contribution < 1.29 is 13.9 Å². The first kappa shape index (κ1) is 13.7. The minimum Gasteiger partial charge on any atom is -0.487 e. The van der Waals surface area contributed by atoms with Gasteiger partial charge in [-0.25, -0.2) is 9.37 Å². The van der Waals surface area contributed by atoms with Crippen LogP contribution in [0, 0.1) is 12.7 Å². The Morgan fingerprint density at radius 2 is 2.16 bits per heavy atom. The number of carbonyl (C=O) groups is 1. The predicted octanol–water partition coefficient (Wildman–Crippen LogP) is 3.68. The van der Waals surface area contributed by atoms with Gasteiger partial charge in [0.1, 0.15) is 23.9 Å². The van der Waals surface area contributed by atoms with Crippen LogP contribution in [0.1, 0.15) is 21.7 Å². The number of hydrogen-bond acceptors (Lipinski definition) is 3. The lowest BCUT2D eigenvalue weighted by Gasteiger charge is -2.09. The molecule has 2 rings (SSSR count). The van der Waals surface area contributed by atoms with E-state index in [2.05, 4.69) is 20.9 Å². The van der Waals surface area contributed by atoms with Crippen LogP contribution in [0.25, 0.3) is 0 Å². The van der Waals surface area contributed by atoms with Crippen LogP contribution in [0.4, 0.5) is 4.39 Å². The van der Waals surface area contributed by atoms with E-state index >= 15 is 0 Å². The fourth-order valence-corrected chi connectivity index (χ4v) is 2.14. The summed E-state index contributed by atoms with van der Waals surface area (Å²) in [6, 6.07) is 7.94. The van der Waals surface area contributed by atoms with E-state index in [4.69, 9.17) is 4.74 Å². The topological polar surface area (TPSA) is 39.2 Å². The molecular weight excluding hydrogens is 313 g/mol. The maximum atomic E-state index is 13.2. The van der Waals surface area contributed by atoms with Crippen molar-refractivity contribution in [2.24, 2.45) is 0 Å². The number of halogens is 2. The molecular formula is C14H11BrFNO2. The number of nitrogens with zero attached hydrogens (tertiary/aromatic N) is 1. The highest BCUT2D eigenvalue weighted by Gasteiger charge is 2.06. The molecule has 0 unspecified atom stereocenters. The van der Waals surface area contributed by atoms with Gasteiger partial charge in [-0.2, -0.15) is 0 Å². The monoisotopic (exact) mass is 323 g/mol. The third-order valence-corrected chi connectivity index (χ3v) is 2.91. The molecule has 0 atom stereocenters. The van der Waals surface area contributed by atoms with Crippen LogP contribution in [0.3, 0.4) is 0 Å². The highest BCUT2D eigenvalue weighted by Crippen LogP contribution is 2.19. The smallest absolute Gasteiger partial charge is 0.172 e. The zero-order valence-electron chi connectivity index (χ0n) is 10.2. The Kier molecular flexibility index (Phi) is 4.27. The molecule has 1 aromatic carbocycles. The molecule has 98 valence electrons. The summed E-state index contributed by atoms with van der Waals surface area (Å²) in [6.45, 7) is 1.96. The Morgan fingerprint density at radius 1 is 1.37 bits per heavy atom. The van der Waals surface area contributed by atoms with E-state index in [1.807, 2.05) is 0 Å². The van der Waals surface area contributed by atoms with Gasteiger partial charge < -0.3 is 4.74 Å². The average Bonchev–Trinajstić information content (AvgIpc) is 2.36. The molecule has 0 N–H and O–H groups in total. The van der Waals surface area contributed by atoms with Crippen molar-refractivity contribution in [2.45, 2.75) is 13.5 Å². The van der Waals surface area contributed by atoms with Gasteiger partial charge in [0.25, 0.3) is 0 Å². The van der Waals surface area contributed by atoms with Crippen LogP contribution in [0.2, 0.25) is 0 Å². The summed E-state index contributed by atoms with van der Waals surface area (Å²) >= 11 is 3.21. The van der Waals surface area contributed by atoms with E-state index in [1.165, 1.54) is 12.1 Å². The second-order valence-electron chi connectivity index (χ2n) is 4.02. The number of aldehydes is 1. The highest BCUT2D eigenvalue weighted by atomic mass is 79.9. The molecule has 0 fully saturated rings. The van der Waals surface area contributed by atoms with Gasteiger partial charge in [0.05, 0.1) is 0 Å². The Hall–Kier alpha value is -1.75.